The molecule has 21 heavy (non-hydrogen) atoms. The van der Waals surface area contributed by atoms with Gasteiger partial charge in [-0.1, -0.05) is 0 Å². The van der Waals surface area contributed by atoms with Gasteiger partial charge in [0.2, 0.25) is 5.91 Å². The van der Waals surface area contributed by atoms with E-state index >= 15 is 0 Å². The van der Waals surface area contributed by atoms with Crippen molar-refractivity contribution >= 4 is 5.91 Å². The van der Waals surface area contributed by atoms with Crippen LogP contribution in [-0.4, -0.2) is 43.6 Å². The largest absolute Gasteiger partial charge is 0.343 e. The number of rotatable bonds is 2. The molecular formula is C15H19N5O. The van der Waals surface area contributed by atoms with Crippen molar-refractivity contribution in [1.29, 1.82) is 0 Å². The average molecular weight is 285 g/mol. The Bertz CT molecular complexity index is 643. The van der Waals surface area contributed by atoms with Gasteiger partial charge < -0.3 is 4.90 Å². The molecule has 0 aromatic carbocycles. The number of aryl methyl sites for hydroxylation is 1. The summed E-state index contributed by atoms with van der Waals surface area (Å²) in [6.45, 7) is 3.23. The predicted molar refractivity (Wildman–Crippen MR) is 78.5 cm³/mol. The summed E-state index contributed by atoms with van der Waals surface area (Å²) >= 11 is 0. The maximum Gasteiger partial charge on any atom is 0.219 e. The van der Waals surface area contributed by atoms with E-state index in [1.165, 1.54) is 0 Å². The number of carbonyl (C=O) groups excluding carboxylic acids is 1. The second kappa shape index (κ2) is 5.63. The summed E-state index contributed by atoms with van der Waals surface area (Å²) in [5.74, 6) is 0.532. The van der Waals surface area contributed by atoms with Crippen LogP contribution in [0.25, 0.3) is 11.4 Å². The number of hydrogen-bond acceptors (Lipinski definition) is 4. The average Bonchev–Trinajstić information content (AvgIpc) is 2.94. The van der Waals surface area contributed by atoms with Gasteiger partial charge in [0.1, 0.15) is 5.69 Å². The molecule has 3 rings (SSSR count). The molecule has 0 radical (unpaired) electrons. The van der Waals surface area contributed by atoms with Gasteiger partial charge in [0.25, 0.3) is 0 Å². The molecule has 0 spiro atoms. The first-order valence-corrected chi connectivity index (χ1v) is 7.21. The van der Waals surface area contributed by atoms with Crippen molar-refractivity contribution in [2.24, 2.45) is 7.05 Å². The molecule has 0 unspecified atom stereocenters. The second-order valence-electron chi connectivity index (χ2n) is 5.45. The predicted octanol–water partition coefficient (Wildman–Crippen LogP) is 1.60. The summed E-state index contributed by atoms with van der Waals surface area (Å²) in [4.78, 5) is 22.3. The Kier molecular flexibility index (Phi) is 3.68. The van der Waals surface area contributed by atoms with E-state index in [0.717, 1.165) is 43.0 Å². The van der Waals surface area contributed by atoms with Gasteiger partial charge in [0.05, 0.1) is 17.6 Å². The SMILES string of the molecule is CC(=O)N1CCC(c2cncc(-c3ccnn3C)n2)CC1. The summed E-state index contributed by atoms with van der Waals surface area (Å²) in [7, 11) is 1.90. The molecule has 0 aliphatic carbocycles. The Hall–Kier alpha value is -2.24. The standard InChI is InChI=1S/C15H19N5O/c1-11(21)20-7-4-12(5-8-20)13-9-16-10-14(18-13)15-3-6-17-19(15)2/h3,6,9-10,12H,4-5,7-8H2,1-2H3. The van der Waals surface area contributed by atoms with E-state index in [-0.39, 0.29) is 5.91 Å². The minimum Gasteiger partial charge on any atom is -0.343 e. The fraction of sp³-hybridized carbons (Fsp3) is 0.467. The van der Waals surface area contributed by atoms with E-state index in [1.807, 2.05) is 24.2 Å². The number of hydrogen-bond donors (Lipinski definition) is 0. The molecular weight excluding hydrogens is 266 g/mol. The smallest absolute Gasteiger partial charge is 0.219 e. The van der Waals surface area contributed by atoms with Crippen LogP contribution in [0.1, 0.15) is 31.4 Å². The molecule has 1 aliphatic rings. The number of likely N-dealkylation sites (tertiary alicyclic amines) is 1. The Morgan fingerprint density at radius 2 is 2.05 bits per heavy atom. The number of carbonyl (C=O) groups is 1. The van der Waals surface area contributed by atoms with Gasteiger partial charge in [0, 0.05) is 45.4 Å². The fourth-order valence-corrected chi connectivity index (χ4v) is 2.82. The third kappa shape index (κ3) is 2.79. The highest BCUT2D eigenvalue weighted by Gasteiger charge is 2.23. The highest BCUT2D eigenvalue weighted by atomic mass is 16.2. The third-order valence-corrected chi connectivity index (χ3v) is 4.10. The van der Waals surface area contributed by atoms with Crippen LogP contribution in [0.2, 0.25) is 0 Å². The fourth-order valence-electron chi connectivity index (χ4n) is 2.82. The molecule has 0 atom stereocenters. The molecule has 3 heterocycles. The van der Waals surface area contributed by atoms with Crippen molar-refractivity contribution in [3.8, 4) is 11.4 Å². The molecule has 6 nitrogen and oxygen atoms in total. The van der Waals surface area contributed by atoms with Crippen LogP contribution in [0.4, 0.5) is 0 Å². The van der Waals surface area contributed by atoms with Gasteiger partial charge in [-0.2, -0.15) is 5.10 Å². The van der Waals surface area contributed by atoms with Crippen molar-refractivity contribution in [2.45, 2.75) is 25.7 Å². The van der Waals surface area contributed by atoms with Crippen LogP contribution in [0.3, 0.4) is 0 Å². The monoisotopic (exact) mass is 285 g/mol. The van der Waals surface area contributed by atoms with Crippen LogP contribution in [0, 0.1) is 0 Å². The van der Waals surface area contributed by atoms with E-state index in [4.69, 9.17) is 4.98 Å². The third-order valence-electron chi connectivity index (χ3n) is 4.10. The molecule has 0 bridgehead atoms. The number of nitrogens with zero attached hydrogens (tertiary/aromatic N) is 5. The molecule has 110 valence electrons. The number of piperidine rings is 1. The molecule has 6 heteroatoms. The molecule has 0 saturated carbocycles. The van der Waals surface area contributed by atoms with Gasteiger partial charge in [-0.05, 0) is 18.9 Å². The Morgan fingerprint density at radius 3 is 2.67 bits per heavy atom. The van der Waals surface area contributed by atoms with Crippen molar-refractivity contribution < 1.29 is 4.79 Å². The van der Waals surface area contributed by atoms with Gasteiger partial charge in [0.15, 0.2) is 0 Å². The lowest BCUT2D eigenvalue weighted by Crippen LogP contribution is -2.36. The Morgan fingerprint density at radius 1 is 1.29 bits per heavy atom. The lowest BCUT2D eigenvalue weighted by molar-refractivity contribution is -0.129. The Balaban J connectivity index is 1.78. The lowest BCUT2D eigenvalue weighted by atomic mass is 9.93. The number of amides is 1. The lowest BCUT2D eigenvalue weighted by Gasteiger charge is -2.30. The summed E-state index contributed by atoms with van der Waals surface area (Å²) in [5.41, 5.74) is 2.82. The first-order chi connectivity index (χ1) is 10.1. The molecule has 2 aromatic heterocycles. The summed E-state index contributed by atoms with van der Waals surface area (Å²) in [6, 6.07) is 1.94. The van der Waals surface area contributed by atoms with E-state index in [0.29, 0.717) is 5.92 Å². The van der Waals surface area contributed by atoms with Crippen molar-refractivity contribution in [1.82, 2.24) is 24.6 Å². The zero-order valence-electron chi connectivity index (χ0n) is 12.4. The van der Waals surface area contributed by atoms with E-state index in [9.17, 15) is 4.79 Å². The van der Waals surface area contributed by atoms with Crippen LogP contribution < -0.4 is 0 Å². The highest BCUT2D eigenvalue weighted by molar-refractivity contribution is 5.73. The van der Waals surface area contributed by atoms with Gasteiger partial charge in [-0.3, -0.25) is 14.5 Å². The first-order valence-electron chi connectivity index (χ1n) is 7.21. The maximum absolute atomic E-state index is 11.4. The molecule has 1 aliphatic heterocycles. The van der Waals surface area contributed by atoms with E-state index in [1.54, 1.807) is 24.0 Å². The Labute approximate surface area is 123 Å². The van der Waals surface area contributed by atoms with Crippen LogP contribution in [0.15, 0.2) is 24.7 Å². The van der Waals surface area contributed by atoms with Crippen LogP contribution >= 0.6 is 0 Å². The summed E-state index contributed by atoms with van der Waals surface area (Å²) in [5, 5.41) is 4.17. The van der Waals surface area contributed by atoms with Crippen LogP contribution in [-0.2, 0) is 11.8 Å². The topological polar surface area (TPSA) is 63.9 Å². The van der Waals surface area contributed by atoms with Gasteiger partial charge in [-0.15, -0.1) is 0 Å². The molecule has 1 saturated heterocycles. The van der Waals surface area contributed by atoms with Gasteiger partial charge >= 0.3 is 0 Å². The molecule has 0 N–H and O–H groups in total. The minimum absolute atomic E-state index is 0.156. The normalized spacial score (nSPS) is 16.2. The zero-order valence-corrected chi connectivity index (χ0v) is 12.4. The minimum atomic E-state index is 0.156. The maximum atomic E-state index is 11.4. The quantitative estimate of drug-likeness (QED) is 0.841. The zero-order chi connectivity index (χ0) is 14.8. The first kappa shape index (κ1) is 13.7. The molecule has 1 fully saturated rings. The summed E-state index contributed by atoms with van der Waals surface area (Å²) < 4.78 is 1.80. The number of aromatic nitrogens is 4. The van der Waals surface area contributed by atoms with Crippen LogP contribution in [0.5, 0.6) is 0 Å². The van der Waals surface area contributed by atoms with Crippen molar-refractivity contribution in [3.05, 3.63) is 30.4 Å². The second-order valence-corrected chi connectivity index (χ2v) is 5.45. The van der Waals surface area contributed by atoms with Gasteiger partial charge in [-0.25, -0.2) is 4.98 Å². The molecule has 1 amide bonds. The molecule has 2 aromatic rings. The van der Waals surface area contributed by atoms with E-state index < -0.39 is 0 Å². The summed E-state index contributed by atoms with van der Waals surface area (Å²) in [6.07, 6.45) is 7.26. The van der Waals surface area contributed by atoms with Crippen molar-refractivity contribution in [3.63, 3.8) is 0 Å². The van der Waals surface area contributed by atoms with E-state index in [2.05, 4.69) is 10.1 Å². The van der Waals surface area contributed by atoms with Crippen molar-refractivity contribution in [2.75, 3.05) is 13.1 Å². The highest BCUT2D eigenvalue weighted by Crippen LogP contribution is 2.27.